The van der Waals surface area contributed by atoms with Crippen molar-refractivity contribution in [3.63, 3.8) is 0 Å². The van der Waals surface area contributed by atoms with Crippen LogP contribution < -0.4 is 0 Å². The molecule has 0 N–H and O–H groups in total. The monoisotopic (exact) mass is 254 g/mol. The lowest BCUT2D eigenvalue weighted by molar-refractivity contribution is 0.584. The van der Waals surface area contributed by atoms with Gasteiger partial charge in [-0.2, -0.15) is 5.10 Å². The van der Waals surface area contributed by atoms with Gasteiger partial charge in [0.15, 0.2) is 0 Å². The third-order valence-corrected chi connectivity index (χ3v) is 2.32. The fourth-order valence-electron chi connectivity index (χ4n) is 1.23. The van der Waals surface area contributed by atoms with Crippen molar-refractivity contribution in [2.75, 3.05) is 0 Å². The summed E-state index contributed by atoms with van der Waals surface area (Å²) in [5, 5.41) is 4.11. The molecule has 1 heterocycles. The van der Waals surface area contributed by atoms with Crippen LogP contribution in [0.5, 0.6) is 0 Å². The van der Waals surface area contributed by atoms with Crippen molar-refractivity contribution in [1.82, 2.24) is 9.78 Å². The molecule has 2 aromatic rings. The molecule has 0 unspecified atom stereocenters. The van der Waals surface area contributed by atoms with Crippen molar-refractivity contribution in [2.45, 2.75) is 6.54 Å². The average Bonchev–Trinajstić information content (AvgIpc) is 2.56. The van der Waals surface area contributed by atoms with Gasteiger partial charge in [0.2, 0.25) is 0 Å². The predicted molar refractivity (Wildman–Crippen MR) is 55.4 cm³/mol. The van der Waals surface area contributed by atoms with Gasteiger partial charge in [-0.05, 0) is 28.1 Å². The van der Waals surface area contributed by atoms with Crippen molar-refractivity contribution >= 4 is 15.9 Å². The first-order valence-corrected chi connectivity index (χ1v) is 4.97. The van der Waals surface area contributed by atoms with Crippen LogP contribution in [0.4, 0.5) is 4.39 Å². The van der Waals surface area contributed by atoms with Gasteiger partial charge in [-0.25, -0.2) is 4.39 Å². The van der Waals surface area contributed by atoms with Crippen molar-refractivity contribution in [2.24, 2.45) is 0 Å². The van der Waals surface area contributed by atoms with E-state index in [9.17, 15) is 4.39 Å². The van der Waals surface area contributed by atoms with Crippen LogP contribution in [0, 0.1) is 5.82 Å². The van der Waals surface area contributed by atoms with Gasteiger partial charge in [0.05, 0.1) is 6.54 Å². The van der Waals surface area contributed by atoms with E-state index in [0.717, 1.165) is 4.60 Å². The second kappa shape index (κ2) is 3.92. The van der Waals surface area contributed by atoms with Crippen LogP contribution in [0.25, 0.3) is 0 Å². The Hall–Kier alpha value is -1.16. The van der Waals surface area contributed by atoms with Crippen molar-refractivity contribution in [3.05, 3.63) is 52.5 Å². The predicted octanol–water partition coefficient (Wildman–Crippen LogP) is 2.83. The molecule has 72 valence electrons. The van der Waals surface area contributed by atoms with Gasteiger partial charge in [0.25, 0.3) is 0 Å². The quantitative estimate of drug-likeness (QED) is 0.806. The fourth-order valence-corrected chi connectivity index (χ4v) is 1.55. The number of benzene rings is 1. The molecule has 0 radical (unpaired) electrons. The summed E-state index contributed by atoms with van der Waals surface area (Å²) in [5.41, 5.74) is 0.642. The molecule has 1 aromatic heterocycles. The first-order valence-electron chi connectivity index (χ1n) is 4.18. The van der Waals surface area contributed by atoms with E-state index in [2.05, 4.69) is 21.0 Å². The van der Waals surface area contributed by atoms with E-state index in [1.54, 1.807) is 23.0 Å². The summed E-state index contributed by atoms with van der Waals surface area (Å²) in [7, 11) is 0. The van der Waals surface area contributed by atoms with Gasteiger partial charge in [0.1, 0.15) is 10.4 Å². The molecule has 0 atom stereocenters. The topological polar surface area (TPSA) is 17.8 Å². The van der Waals surface area contributed by atoms with Crippen LogP contribution >= 0.6 is 15.9 Å². The Morgan fingerprint density at radius 1 is 1.29 bits per heavy atom. The molecular weight excluding hydrogens is 247 g/mol. The average molecular weight is 255 g/mol. The Morgan fingerprint density at radius 2 is 2.07 bits per heavy atom. The molecule has 0 aliphatic carbocycles. The summed E-state index contributed by atoms with van der Waals surface area (Å²) in [6, 6.07) is 8.52. The number of nitrogens with zero attached hydrogens (tertiary/aromatic N) is 2. The molecule has 2 rings (SSSR count). The van der Waals surface area contributed by atoms with E-state index < -0.39 is 0 Å². The highest BCUT2D eigenvalue weighted by Crippen LogP contribution is 2.10. The lowest BCUT2D eigenvalue weighted by atomic mass is 10.2. The second-order valence-corrected chi connectivity index (χ2v) is 3.74. The van der Waals surface area contributed by atoms with E-state index in [4.69, 9.17) is 0 Å². The normalized spacial score (nSPS) is 10.4. The Morgan fingerprint density at radius 3 is 2.71 bits per heavy atom. The zero-order chi connectivity index (χ0) is 9.97. The van der Waals surface area contributed by atoms with E-state index >= 15 is 0 Å². The molecule has 0 fully saturated rings. The van der Waals surface area contributed by atoms with Gasteiger partial charge in [-0.1, -0.05) is 18.2 Å². The molecule has 0 aliphatic heterocycles. The van der Waals surface area contributed by atoms with Crippen LogP contribution in [-0.4, -0.2) is 9.78 Å². The number of halogens is 2. The van der Waals surface area contributed by atoms with Crippen molar-refractivity contribution in [1.29, 1.82) is 0 Å². The zero-order valence-electron chi connectivity index (χ0n) is 7.32. The summed E-state index contributed by atoms with van der Waals surface area (Å²) < 4.78 is 15.7. The maximum absolute atomic E-state index is 13.2. The van der Waals surface area contributed by atoms with Crippen LogP contribution in [-0.2, 0) is 6.54 Å². The van der Waals surface area contributed by atoms with Gasteiger partial charge in [0, 0.05) is 11.8 Å². The van der Waals surface area contributed by atoms with Gasteiger partial charge in [-0.3, -0.25) is 4.68 Å². The summed E-state index contributed by atoms with van der Waals surface area (Å²) in [6.45, 7) is 0.457. The summed E-state index contributed by atoms with van der Waals surface area (Å²) in [6.07, 6.45) is 1.80. The molecule has 0 bridgehead atoms. The highest BCUT2D eigenvalue weighted by Gasteiger charge is 2.02. The van der Waals surface area contributed by atoms with Gasteiger partial charge < -0.3 is 0 Å². The summed E-state index contributed by atoms with van der Waals surface area (Å²) in [5.74, 6) is -0.195. The van der Waals surface area contributed by atoms with Crippen LogP contribution in [0.1, 0.15) is 5.56 Å². The minimum atomic E-state index is -0.195. The smallest absolute Gasteiger partial charge is 0.128 e. The maximum atomic E-state index is 13.2. The molecule has 14 heavy (non-hydrogen) atoms. The third kappa shape index (κ3) is 2.01. The summed E-state index contributed by atoms with van der Waals surface area (Å²) >= 11 is 3.24. The van der Waals surface area contributed by atoms with E-state index in [1.165, 1.54) is 6.07 Å². The van der Waals surface area contributed by atoms with Crippen LogP contribution in [0.2, 0.25) is 0 Å². The Kier molecular flexibility index (Phi) is 2.63. The van der Waals surface area contributed by atoms with Crippen LogP contribution in [0.3, 0.4) is 0 Å². The second-order valence-electron chi connectivity index (χ2n) is 2.93. The molecule has 0 saturated carbocycles. The zero-order valence-corrected chi connectivity index (χ0v) is 8.91. The highest BCUT2D eigenvalue weighted by atomic mass is 79.9. The Labute approximate surface area is 89.5 Å². The molecule has 1 aromatic carbocycles. The largest absolute Gasteiger partial charge is 0.267 e. The van der Waals surface area contributed by atoms with Crippen molar-refractivity contribution in [3.8, 4) is 0 Å². The minimum Gasteiger partial charge on any atom is -0.267 e. The molecule has 0 saturated heterocycles. The van der Waals surface area contributed by atoms with E-state index in [1.807, 2.05) is 12.1 Å². The molecule has 0 aliphatic rings. The Balaban J connectivity index is 2.23. The minimum absolute atomic E-state index is 0.195. The SMILES string of the molecule is Fc1ccccc1Cn1ccc(Br)n1. The van der Waals surface area contributed by atoms with Crippen LogP contribution in [0.15, 0.2) is 41.1 Å². The highest BCUT2D eigenvalue weighted by molar-refractivity contribution is 9.10. The number of aromatic nitrogens is 2. The van der Waals surface area contributed by atoms with E-state index in [0.29, 0.717) is 12.1 Å². The molecule has 0 amide bonds. The first kappa shape index (κ1) is 9.40. The molecule has 2 nitrogen and oxygen atoms in total. The molecule has 0 spiro atoms. The lowest BCUT2D eigenvalue weighted by Crippen LogP contribution is -2.01. The lowest BCUT2D eigenvalue weighted by Gasteiger charge is -2.02. The standard InChI is InChI=1S/C10H8BrFN2/c11-10-5-6-14(13-10)7-8-3-1-2-4-9(8)12/h1-6H,7H2. The van der Waals surface area contributed by atoms with Gasteiger partial charge >= 0.3 is 0 Å². The molecular formula is C10H8BrFN2. The third-order valence-electron chi connectivity index (χ3n) is 1.90. The van der Waals surface area contributed by atoms with Gasteiger partial charge in [-0.15, -0.1) is 0 Å². The fraction of sp³-hybridized carbons (Fsp3) is 0.100. The van der Waals surface area contributed by atoms with E-state index in [-0.39, 0.29) is 5.82 Å². The summed E-state index contributed by atoms with van der Waals surface area (Å²) in [4.78, 5) is 0. The first-order chi connectivity index (χ1) is 6.75. The molecule has 4 heteroatoms. The number of hydrogen-bond acceptors (Lipinski definition) is 1. The maximum Gasteiger partial charge on any atom is 0.128 e. The Bertz CT molecular complexity index is 439. The number of rotatable bonds is 2. The van der Waals surface area contributed by atoms with Crippen molar-refractivity contribution < 1.29 is 4.39 Å². The number of hydrogen-bond donors (Lipinski definition) is 0.